The molecule has 0 saturated carbocycles. The Morgan fingerprint density at radius 1 is 1.28 bits per heavy atom. The fourth-order valence-electron chi connectivity index (χ4n) is 2.87. The van der Waals surface area contributed by atoms with Crippen LogP contribution >= 0.6 is 11.6 Å². The van der Waals surface area contributed by atoms with Crippen LogP contribution < -0.4 is 0 Å². The van der Waals surface area contributed by atoms with Gasteiger partial charge in [0.25, 0.3) is 0 Å². The maximum Gasteiger partial charge on any atom is 0.0648 e. The van der Waals surface area contributed by atoms with Crippen LogP contribution in [0.15, 0.2) is 36.5 Å². The molecule has 1 aliphatic carbocycles. The summed E-state index contributed by atoms with van der Waals surface area (Å²) in [5, 5.41) is 4.57. The molecule has 0 fully saturated rings. The first-order chi connectivity index (χ1) is 8.90. The number of benzene rings is 1. The van der Waals surface area contributed by atoms with E-state index in [-0.39, 0.29) is 0 Å². The Morgan fingerprint density at radius 2 is 2.11 bits per heavy atom. The highest BCUT2D eigenvalue weighted by atomic mass is 35.5. The van der Waals surface area contributed by atoms with E-state index in [9.17, 15) is 0 Å². The van der Waals surface area contributed by atoms with Crippen molar-refractivity contribution in [2.45, 2.75) is 31.6 Å². The molecule has 1 atom stereocenters. The molecule has 0 saturated heterocycles. The van der Waals surface area contributed by atoms with Crippen LogP contribution in [0.2, 0.25) is 0 Å². The van der Waals surface area contributed by atoms with E-state index >= 15 is 0 Å². The molecule has 2 aromatic rings. The van der Waals surface area contributed by atoms with Crippen molar-refractivity contribution < 1.29 is 0 Å². The molecule has 1 heterocycles. The molecule has 1 unspecified atom stereocenters. The number of fused-ring (bicyclic) bond motifs is 1. The van der Waals surface area contributed by atoms with Crippen LogP contribution in [0, 0.1) is 0 Å². The molecular weight excluding hydrogens is 244 g/mol. The predicted octanol–water partition coefficient (Wildman–Crippen LogP) is 3.92. The molecule has 3 rings (SSSR count). The first-order valence-corrected chi connectivity index (χ1v) is 7.12. The molecule has 0 bridgehead atoms. The van der Waals surface area contributed by atoms with Crippen molar-refractivity contribution in [3.63, 3.8) is 0 Å². The number of para-hydroxylation sites is 1. The van der Waals surface area contributed by atoms with E-state index in [2.05, 4.69) is 34.0 Å². The van der Waals surface area contributed by atoms with Crippen molar-refractivity contribution in [3.05, 3.63) is 47.8 Å². The highest BCUT2D eigenvalue weighted by Crippen LogP contribution is 2.34. The van der Waals surface area contributed by atoms with Crippen molar-refractivity contribution in [2.24, 2.45) is 0 Å². The van der Waals surface area contributed by atoms with Crippen LogP contribution in [0.4, 0.5) is 0 Å². The van der Waals surface area contributed by atoms with Gasteiger partial charge in [0.1, 0.15) is 0 Å². The number of alkyl halides is 1. The lowest BCUT2D eigenvalue weighted by Crippen LogP contribution is -2.12. The molecule has 1 aromatic carbocycles. The maximum atomic E-state index is 5.90. The van der Waals surface area contributed by atoms with Crippen LogP contribution in [0.3, 0.4) is 0 Å². The summed E-state index contributed by atoms with van der Waals surface area (Å²) in [6.45, 7) is 0. The van der Waals surface area contributed by atoms with Crippen molar-refractivity contribution in [1.29, 1.82) is 0 Å². The van der Waals surface area contributed by atoms with Gasteiger partial charge in [-0.25, -0.2) is 4.68 Å². The standard InChI is InChI=1S/C15H17ClN2/c16-10-9-12-5-4-8-15-14(12)11-17-18(15)13-6-2-1-3-7-13/h1-3,6-7,11-12H,4-5,8-10H2. The van der Waals surface area contributed by atoms with Gasteiger partial charge in [-0.2, -0.15) is 5.10 Å². The molecule has 18 heavy (non-hydrogen) atoms. The summed E-state index contributed by atoms with van der Waals surface area (Å²) in [7, 11) is 0. The fraction of sp³-hybridized carbons (Fsp3) is 0.400. The average Bonchev–Trinajstić information content (AvgIpc) is 2.85. The molecule has 94 valence electrons. The monoisotopic (exact) mass is 260 g/mol. The second-order valence-electron chi connectivity index (χ2n) is 4.86. The highest BCUT2D eigenvalue weighted by Gasteiger charge is 2.24. The zero-order valence-corrected chi connectivity index (χ0v) is 11.1. The van der Waals surface area contributed by atoms with Gasteiger partial charge in [-0.1, -0.05) is 18.2 Å². The first kappa shape index (κ1) is 11.8. The summed E-state index contributed by atoms with van der Waals surface area (Å²) in [6.07, 6.45) is 6.73. The van der Waals surface area contributed by atoms with Crippen molar-refractivity contribution >= 4 is 11.6 Å². The molecular formula is C15H17ClN2. The summed E-state index contributed by atoms with van der Waals surface area (Å²) in [6, 6.07) is 10.4. The van der Waals surface area contributed by atoms with E-state index in [1.807, 2.05) is 12.3 Å². The summed E-state index contributed by atoms with van der Waals surface area (Å²) in [5.74, 6) is 1.34. The van der Waals surface area contributed by atoms with E-state index < -0.39 is 0 Å². The van der Waals surface area contributed by atoms with Crippen LogP contribution in [0.25, 0.3) is 5.69 Å². The molecule has 1 aliphatic rings. The van der Waals surface area contributed by atoms with Gasteiger partial charge in [0, 0.05) is 11.6 Å². The van der Waals surface area contributed by atoms with E-state index in [0.717, 1.165) is 24.4 Å². The van der Waals surface area contributed by atoms with Crippen molar-refractivity contribution in [1.82, 2.24) is 9.78 Å². The Hall–Kier alpha value is -1.28. The van der Waals surface area contributed by atoms with Gasteiger partial charge >= 0.3 is 0 Å². The molecule has 0 aliphatic heterocycles. The second kappa shape index (κ2) is 5.15. The Morgan fingerprint density at radius 3 is 2.89 bits per heavy atom. The molecule has 2 nitrogen and oxygen atoms in total. The zero-order valence-electron chi connectivity index (χ0n) is 10.3. The number of hydrogen-bond donors (Lipinski definition) is 0. The zero-order chi connectivity index (χ0) is 12.4. The van der Waals surface area contributed by atoms with Gasteiger partial charge in [-0.15, -0.1) is 11.6 Å². The van der Waals surface area contributed by atoms with Crippen LogP contribution in [-0.4, -0.2) is 15.7 Å². The summed E-state index contributed by atoms with van der Waals surface area (Å²) >= 11 is 5.90. The average molecular weight is 261 g/mol. The smallest absolute Gasteiger partial charge is 0.0648 e. The van der Waals surface area contributed by atoms with Gasteiger partial charge in [0.05, 0.1) is 11.9 Å². The number of aromatic nitrogens is 2. The summed E-state index contributed by atoms with van der Waals surface area (Å²) < 4.78 is 2.09. The summed E-state index contributed by atoms with van der Waals surface area (Å²) in [5.41, 5.74) is 3.94. The topological polar surface area (TPSA) is 17.8 Å². The summed E-state index contributed by atoms with van der Waals surface area (Å²) in [4.78, 5) is 0. The lowest BCUT2D eigenvalue weighted by atomic mass is 9.85. The van der Waals surface area contributed by atoms with Crippen LogP contribution in [0.5, 0.6) is 0 Å². The Kier molecular flexibility index (Phi) is 3.37. The third kappa shape index (κ3) is 2.05. The third-order valence-corrected chi connectivity index (χ3v) is 3.98. The Balaban J connectivity index is 2.00. The fourth-order valence-corrected chi connectivity index (χ4v) is 3.14. The molecule has 1 aromatic heterocycles. The number of rotatable bonds is 3. The number of halogens is 1. The minimum Gasteiger partial charge on any atom is -0.238 e. The molecule has 3 heteroatoms. The van der Waals surface area contributed by atoms with Crippen LogP contribution in [-0.2, 0) is 6.42 Å². The largest absolute Gasteiger partial charge is 0.238 e. The first-order valence-electron chi connectivity index (χ1n) is 6.58. The second-order valence-corrected chi connectivity index (χ2v) is 5.24. The van der Waals surface area contributed by atoms with Gasteiger partial charge in [-0.3, -0.25) is 0 Å². The van der Waals surface area contributed by atoms with Gasteiger partial charge in [0.15, 0.2) is 0 Å². The van der Waals surface area contributed by atoms with E-state index in [0.29, 0.717) is 5.92 Å². The quantitative estimate of drug-likeness (QED) is 0.765. The van der Waals surface area contributed by atoms with Crippen molar-refractivity contribution in [3.8, 4) is 5.69 Å². The van der Waals surface area contributed by atoms with Gasteiger partial charge in [0.2, 0.25) is 0 Å². The van der Waals surface area contributed by atoms with E-state index in [1.165, 1.54) is 24.1 Å². The number of hydrogen-bond acceptors (Lipinski definition) is 1. The van der Waals surface area contributed by atoms with E-state index in [1.54, 1.807) is 0 Å². The van der Waals surface area contributed by atoms with E-state index in [4.69, 9.17) is 11.6 Å². The molecule has 0 N–H and O–H groups in total. The Labute approximate surface area is 113 Å². The maximum absolute atomic E-state index is 5.90. The van der Waals surface area contributed by atoms with Gasteiger partial charge < -0.3 is 0 Å². The lowest BCUT2D eigenvalue weighted by Gasteiger charge is -2.22. The van der Waals surface area contributed by atoms with Gasteiger partial charge in [-0.05, 0) is 49.3 Å². The minimum absolute atomic E-state index is 0.601. The minimum atomic E-state index is 0.601. The molecule has 0 spiro atoms. The lowest BCUT2D eigenvalue weighted by molar-refractivity contribution is 0.532. The normalized spacial score (nSPS) is 18.6. The third-order valence-electron chi connectivity index (χ3n) is 3.77. The van der Waals surface area contributed by atoms with Crippen LogP contribution in [0.1, 0.15) is 36.4 Å². The Bertz CT molecular complexity index is 519. The SMILES string of the molecule is ClCCC1CCCc2c1cnn2-c1ccccc1. The van der Waals surface area contributed by atoms with Crippen molar-refractivity contribution in [2.75, 3.05) is 5.88 Å². The molecule has 0 radical (unpaired) electrons. The number of nitrogens with zero attached hydrogens (tertiary/aromatic N) is 2. The molecule has 0 amide bonds. The predicted molar refractivity (Wildman–Crippen MR) is 74.6 cm³/mol. The highest BCUT2D eigenvalue weighted by molar-refractivity contribution is 6.17.